The number of aliphatic hydroxyl groups excluding tert-OH is 1. The molecule has 0 aliphatic carbocycles. The topological polar surface area (TPSA) is 62.4 Å². The zero-order chi connectivity index (χ0) is 16.2. The molecule has 1 unspecified atom stereocenters. The van der Waals surface area contributed by atoms with Crippen molar-refractivity contribution in [2.45, 2.75) is 38.8 Å². The maximum Gasteiger partial charge on any atom is 0.230 e. The van der Waals surface area contributed by atoms with Gasteiger partial charge in [0, 0.05) is 11.4 Å². The highest BCUT2D eigenvalue weighted by atomic mass is 35.5. The molecule has 3 rings (SSSR count). The molecule has 1 atom stereocenters. The number of piperidine rings is 1. The smallest absolute Gasteiger partial charge is 0.230 e. The standard InChI is InChI=1S/C17H22ClN3O2/c1-2-15-19-20-16(23-15)11-21-9-7-13(8-10-21)17(22)12-3-5-14(18)6-4-12/h3-6,13,17,22H,2,7-11H2,1H3. The lowest BCUT2D eigenvalue weighted by atomic mass is 9.87. The van der Waals surface area contributed by atoms with Crippen LogP contribution in [0.3, 0.4) is 0 Å². The summed E-state index contributed by atoms with van der Waals surface area (Å²) in [5, 5.41) is 19.3. The Bertz CT molecular complexity index is 621. The first-order valence-corrected chi connectivity index (χ1v) is 8.50. The van der Waals surface area contributed by atoms with Gasteiger partial charge in [-0.05, 0) is 49.5 Å². The third-order valence-electron chi connectivity index (χ3n) is 4.46. The molecule has 1 saturated heterocycles. The van der Waals surface area contributed by atoms with E-state index in [1.165, 1.54) is 0 Å². The number of nitrogens with zero attached hydrogens (tertiary/aromatic N) is 3. The van der Waals surface area contributed by atoms with E-state index in [4.69, 9.17) is 16.0 Å². The molecule has 0 radical (unpaired) electrons. The fourth-order valence-electron chi connectivity index (χ4n) is 3.05. The number of benzene rings is 1. The Balaban J connectivity index is 1.52. The quantitative estimate of drug-likeness (QED) is 0.908. The van der Waals surface area contributed by atoms with Crippen LogP contribution in [0.5, 0.6) is 0 Å². The Morgan fingerprint density at radius 2 is 1.87 bits per heavy atom. The minimum atomic E-state index is -0.426. The Kier molecular flexibility index (Phi) is 5.30. The van der Waals surface area contributed by atoms with Gasteiger partial charge in [-0.3, -0.25) is 4.90 Å². The Morgan fingerprint density at radius 3 is 2.48 bits per heavy atom. The third kappa shape index (κ3) is 4.10. The Hall–Kier alpha value is -1.43. The largest absolute Gasteiger partial charge is 0.424 e. The summed E-state index contributed by atoms with van der Waals surface area (Å²) >= 11 is 5.90. The molecule has 2 aromatic rings. The number of aliphatic hydroxyl groups is 1. The zero-order valence-corrected chi connectivity index (χ0v) is 14.0. The lowest BCUT2D eigenvalue weighted by Gasteiger charge is -2.33. The number of hydrogen-bond donors (Lipinski definition) is 1. The van der Waals surface area contributed by atoms with E-state index < -0.39 is 6.10 Å². The van der Waals surface area contributed by atoms with Gasteiger partial charge in [-0.25, -0.2) is 0 Å². The van der Waals surface area contributed by atoms with Crippen molar-refractivity contribution in [3.63, 3.8) is 0 Å². The highest BCUT2D eigenvalue weighted by molar-refractivity contribution is 6.30. The fraction of sp³-hybridized carbons (Fsp3) is 0.529. The van der Waals surface area contributed by atoms with E-state index in [2.05, 4.69) is 15.1 Å². The van der Waals surface area contributed by atoms with Crippen molar-refractivity contribution in [3.05, 3.63) is 46.6 Å². The molecule has 0 bridgehead atoms. The molecule has 1 aliphatic rings. The van der Waals surface area contributed by atoms with Gasteiger partial charge in [0.2, 0.25) is 11.8 Å². The highest BCUT2D eigenvalue weighted by Crippen LogP contribution is 2.31. The first-order valence-electron chi connectivity index (χ1n) is 8.13. The van der Waals surface area contributed by atoms with Gasteiger partial charge < -0.3 is 9.52 Å². The summed E-state index contributed by atoms with van der Waals surface area (Å²) in [4.78, 5) is 2.30. The molecule has 5 nitrogen and oxygen atoms in total. The van der Waals surface area contributed by atoms with Crippen LogP contribution in [-0.4, -0.2) is 33.3 Å². The van der Waals surface area contributed by atoms with Crippen LogP contribution in [0.2, 0.25) is 5.02 Å². The third-order valence-corrected chi connectivity index (χ3v) is 4.71. The molecule has 1 N–H and O–H groups in total. The predicted molar refractivity (Wildman–Crippen MR) is 88.1 cm³/mol. The van der Waals surface area contributed by atoms with Gasteiger partial charge in [0.05, 0.1) is 12.6 Å². The zero-order valence-electron chi connectivity index (χ0n) is 13.3. The normalized spacial score (nSPS) is 18.2. The van der Waals surface area contributed by atoms with Gasteiger partial charge in [0.1, 0.15) is 0 Å². The van der Waals surface area contributed by atoms with Gasteiger partial charge >= 0.3 is 0 Å². The summed E-state index contributed by atoms with van der Waals surface area (Å²) in [6.07, 6.45) is 2.25. The number of rotatable bonds is 5. The summed E-state index contributed by atoms with van der Waals surface area (Å²) in [5.41, 5.74) is 0.942. The SMILES string of the molecule is CCc1nnc(CN2CCC(C(O)c3ccc(Cl)cc3)CC2)o1. The molecular formula is C17H22ClN3O2. The Labute approximate surface area is 141 Å². The number of aryl methyl sites for hydroxylation is 1. The maximum atomic E-state index is 10.5. The van der Waals surface area contributed by atoms with Gasteiger partial charge in [0.25, 0.3) is 0 Å². The second-order valence-corrected chi connectivity index (χ2v) is 6.49. The number of halogens is 1. The summed E-state index contributed by atoms with van der Waals surface area (Å²) in [6, 6.07) is 7.47. The number of hydrogen-bond acceptors (Lipinski definition) is 5. The second kappa shape index (κ2) is 7.43. The average molecular weight is 336 g/mol. The van der Waals surface area contributed by atoms with Crippen molar-refractivity contribution < 1.29 is 9.52 Å². The second-order valence-electron chi connectivity index (χ2n) is 6.05. The minimum absolute atomic E-state index is 0.279. The number of likely N-dealkylation sites (tertiary alicyclic amines) is 1. The van der Waals surface area contributed by atoms with Crippen molar-refractivity contribution in [2.75, 3.05) is 13.1 Å². The van der Waals surface area contributed by atoms with Crippen LogP contribution in [0.1, 0.15) is 43.2 Å². The van der Waals surface area contributed by atoms with E-state index >= 15 is 0 Å². The van der Waals surface area contributed by atoms with Crippen molar-refractivity contribution in [3.8, 4) is 0 Å². The first kappa shape index (κ1) is 16.4. The van der Waals surface area contributed by atoms with Crippen LogP contribution >= 0.6 is 11.6 Å². The van der Waals surface area contributed by atoms with E-state index in [0.29, 0.717) is 23.3 Å². The van der Waals surface area contributed by atoms with Gasteiger partial charge in [-0.15, -0.1) is 10.2 Å². The van der Waals surface area contributed by atoms with Crippen molar-refractivity contribution >= 4 is 11.6 Å². The molecule has 1 aromatic heterocycles. The van der Waals surface area contributed by atoms with Crippen LogP contribution in [0.15, 0.2) is 28.7 Å². The van der Waals surface area contributed by atoms with Crippen LogP contribution in [0.4, 0.5) is 0 Å². The van der Waals surface area contributed by atoms with E-state index in [-0.39, 0.29) is 5.92 Å². The molecule has 2 heterocycles. The molecular weight excluding hydrogens is 314 g/mol. The average Bonchev–Trinajstić information content (AvgIpc) is 3.03. The molecule has 1 aromatic carbocycles. The van der Waals surface area contributed by atoms with Gasteiger partial charge in [-0.1, -0.05) is 30.7 Å². The molecule has 124 valence electrons. The lowest BCUT2D eigenvalue weighted by Crippen LogP contribution is -2.35. The fourth-order valence-corrected chi connectivity index (χ4v) is 3.17. The summed E-state index contributed by atoms with van der Waals surface area (Å²) in [7, 11) is 0. The minimum Gasteiger partial charge on any atom is -0.424 e. The van der Waals surface area contributed by atoms with E-state index in [1.54, 1.807) is 0 Å². The van der Waals surface area contributed by atoms with Crippen molar-refractivity contribution in [1.29, 1.82) is 0 Å². The van der Waals surface area contributed by atoms with E-state index in [9.17, 15) is 5.11 Å². The highest BCUT2D eigenvalue weighted by Gasteiger charge is 2.27. The molecule has 0 spiro atoms. The van der Waals surface area contributed by atoms with Crippen LogP contribution in [0.25, 0.3) is 0 Å². The molecule has 0 amide bonds. The van der Waals surface area contributed by atoms with E-state index in [1.807, 2.05) is 31.2 Å². The van der Waals surface area contributed by atoms with Gasteiger partial charge in [0.15, 0.2) is 0 Å². The molecule has 0 saturated carbocycles. The monoisotopic (exact) mass is 335 g/mol. The number of aromatic nitrogens is 2. The summed E-state index contributed by atoms with van der Waals surface area (Å²) in [5.74, 6) is 1.65. The molecule has 6 heteroatoms. The van der Waals surface area contributed by atoms with Crippen molar-refractivity contribution in [2.24, 2.45) is 5.92 Å². The maximum absolute atomic E-state index is 10.5. The summed E-state index contributed by atoms with van der Waals surface area (Å²) in [6.45, 7) is 4.55. The van der Waals surface area contributed by atoms with Crippen molar-refractivity contribution in [1.82, 2.24) is 15.1 Å². The summed E-state index contributed by atoms with van der Waals surface area (Å²) < 4.78 is 5.56. The molecule has 23 heavy (non-hydrogen) atoms. The Morgan fingerprint density at radius 1 is 1.22 bits per heavy atom. The first-order chi connectivity index (χ1) is 11.2. The predicted octanol–water partition coefficient (Wildman–Crippen LogP) is 3.23. The van der Waals surface area contributed by atoms with Crippen LogP contribution in [0, 0.1) is 5.92 Å². The van der Waals surface area contributed by atoms with Crippen LogP contribution in [-0.2, 0) is 13.0 Å². The van der Waals surface area contributed by atoms with Gasteiger partial charge in [-0.2, -0.15) is 0 Å². The van der Waals surface area contributed by atoms with E-state index in [0.717, 1.165) is 37.9 Å². The molecule has 1 aliphatic heterocycles. The van der Waals surface area contributed by atoms with Crippen LogP contribution < -0.4 is 0 Å². The molecule has 1 fully saturated rings. The lowest BCUT2D eigenvalue weighted by molar-refractivity contribution is 0.0543.